The Morgan fingerprint density at radius 3 is 2.41 bits per heavy atom. The molecule has 0 bridgehead atoms. The molecule has 0 radical (unpaired) electrons. The van der Waals surface area contributed by atoms with Crippen LogP contribution in [0.3, 0.4) is 0 Å². The number of benzene rings is 1. The highest BCUT2D eigenvalue weighted by molar-refractivity contribution is 14.0. The van der Waals surface area contributed by atoms with Gasteiger partial charge in [0.2, 0.25) is 5.91 Å². The zero-order chi connectivity index (χ0) is 19.0. The Hall–Kier alpha value is -1.72. The first-order valence-electron chi connectivity index (χ1n) is 8.50. The largest absolute Gasteiger partial charge is 0.573 e. The molecule has 0 aliphatic heterocycles. The van der Waals surface area contributed by atoms with Crippen molar-refractivity contribution in [2.45, 2.75) is 51.1 Å². The number of guanidine groups is 1. The van der Waals surface area contributed by atoms with Crippen LogP contribution in [0.1, 0.15) is 37.7 Å². The summed E-state index contributed by atoms with van der Waals surface area (Å²) < 4.78 is 40.1. The zero-order valence-electron chi connectivity index (χ0n) is 14.7. The van der Waals surface area contributed by atoms with Crippen LogP contribution in [0, 0.1) is 0 Å². The van der Waals surface area contributed by atoms with E-state index in [1.807, 2.05) is 0 Å². The average Bonchev–Trinajstić information content (AvgIpc) is 2.59. The summed E-state index contributed by atoms with van der Waals surface area (Å²) in [6.45, 7) is 0.208. The van der Waals surface area contributed by atoms with Crippen molar-refractivity contribution in [1.29, 1.82) is 0 Å². The molecule has 6 nitrogen and oxygen atoms in total. The summed E-state index contributed by atoms with van der Waals surface area (Å²) in [6, 6.07) is 5.58. The Morgan fingerprint density at radius 2 is 1.81 bits per heavy atom. The van der Waals surface area contributed by atoms with Gasteiger partial charge in [0.1, 0.15) is 5.75 Å². The molecular formula is C17H24F3IN4O2. The van der Waals surface area contributed by atoms with Crippen molar-refractivity contribution in [2.24, 2.45) is 10.7 Å². The van der Waals surface area contributed by atoms with Crippen molar-refractivity contribution in [2.75, 3.05) is 6.54 Å². The lowest BCUT2D eigenvalue weighted by atomic mass is 9.95. The van der Waals surface area contributed by atoms with Gasteiger partial charge in [0.25, 0.3) is 0 Å². The smallest absolute Gasteiger partial charge is 0.406 e. The van der Waals surface area contributed by atoms with Crippen LogP contribution in [-0.4, -0.2) is 30.8 Å². The van der Waals surface area contributed by atoms with Crippen LogP contribution < -0.4 is 21.1 Å². The number of hydrogen-bond donors (Lipinski definition) is 3. The van der Waals surface area contributed by atoms with Gasteiger partial charge in [-0.15, -0.1) is 37.1 Å². The first kappa shape index (κ1) is 23.3. The third kappa shape index (κ3) is 9.68. The first-order chi connectivity index (χ1) is 12.3. The minimum atomic E-state index is -4.72. The summed E-state index contributed by atoms with van der Waals surface area (Å²) in [7, 11) is 0. The summed E-state index contributed by atoms with van der Waals surface area (Å²) in [6.07, 6.45) is 0.774. The van der Waals surface area contributed by atoms with Crippen LogP contribution in [0.15, 0.2) is 29.3 Å². The summed E-state index contributed by atoms with van der Waals surface area (Å²) in [5.41, 5.74) is 6.36. The fourth-order valence-electron chi connectivity index (χ4n) is 2.73. The van der Waals surface area contributed by atoms with Gasteiger partial charge < -0.3 is 21.1 Å². The van der Waals surface area contributed by atoms with Gasteiger partial charge in [-0.2, -0.15) is 0 Å². The third-order valence-electron chi connectivity index (χ3n) is 3.99. The Morgan fingerprint density at radius 1 is 1.19 bits per heavy atom. The number of nitrogens with one attached hydrogen (secondary N) is 2. The van der Waals surface area contributed by atoms with E-state index in [9.17, 15) is 18.0 Å². The Bertz CT molecular complexity index is 618. The number of nitrogens with two attached hydrogens (primary N) is 1. The first-order valence-corrected chi connectivity index (χ1v) is 8.50. The molecule has 0 saturated heterocycles. The Labute approximate surface area is 173 Å². The molecule has 1 fully saturated rings. The van der Waals surface area contributed by atoms with E-state index in [1.54, 1.807) is 0 Å². The second kappa shape index (κ2) is 11.2. The average molecular weight is 500 g/mol. The molecule has 0 heterocycles. The van der Waals surface area contributed by atoms with E-state index in [0.29, 0.717) is 5.56 Å². The quantitative estimate of drug-likeness (QED) is 0.319. The van der Waals surface area contributed by atoms with Crippen LogP contribution in [-0.2, 0) is 11.3 Å². The van der Waals surface area contributed by atoms with E-state index in [0.717, 1.165) is 25.7 Å². The number of amides is 1. The standard InChI is InChI=1S/C17H23F3N4O2.HI/c18-17(19,20)26-14-8-6-12(7-9-14)10-22-16(21)23-11-15(25)24-13-4-2-1-3-5-13;/h6-9,13H,1-5,10-11H2,(H,24,25)(H3,21,22,23);1H. The van der Waals surface area contributed by atoms with Crippen molar-refractivity contribution in [1.82, 2.24) is 10.6 Å². The normalized spacial score (nSPS) is 15.6. The predicted octanol–water partition coefficient (Wildman–Crippen LogP) is 3.06. The van der Waals surface area contributed by atoms with E-state index < -0.39 is 6.36 Å². The molecule has 1 aliphatic rings. The lowest BCUT2D eigenvalue weighted by molar-refractivity contribution is -0.274. The van der Waals surface area contributed by atoms with E-state index in [2.05, 4.69) is 20.4 Å². The van der Waals surface area contributed by atoms with E-state index in [-0.39, 0.29) is 60.7 Å². The van der Waals surface area contributed by atoms with Crippen molar-refractivity contribution >= 4 is 35.8 Å². The molecule has 1 aromatic carbocycles. The molecule has 10 heteroatoms. The summed E-state index contributed by atoms with van der Waals surface area (Å²) >= 11 is 0. The maximum atomic E-state index is 12.1. The molecule has 0 spiro atoms. The molecule has 4 N–H and O–H groups in total. The number of nitrogens with zero attached hydrogens (tertiary/aromatic N) is 1. The van der Waals surface area contributed by atoms with Gasteiger partial charge in [0.05, 0.1) is 13.1 Å². The number of alkyl halides is 3. The number of carbonyl (C=O) groups excluding carboxylic acids is 1. The van der Waals surface area contributed by atoms with Crippen LogP contribution in [0.2, 0.25) is 0 Å². The molecule has 1 aromatic rings. The SMILES string of the molecule is I.NC(=NCc1ccc(OC(F)(F)F)cc1)NCC(=O)NC1CCCCC1. The second-order valence-electron chi connectivity index (χ2n) is 6.15. The maximum absolute atomic E-state index is 12.1. The van der Waals surface area contributed by atoms with Gasteiger partial charge in [0, 0.05) is 6.04 Å². The number of hydrogen-bond acceptors (Lipinski definition) is 3. The van der Waals surface area contributed by atoms with Gasteiger partial charge in [-0.3, -0.25) is 4.79 Å². The minimum Gasteiger partial charge on any atom is -0.406 e. The van der Waals surface area contributed by atoms with Crippen molar-refractivity contribution in [3.63, 3.8) is 0 Å². The molecular weight excluding hydrogens is 476 g/mol. The predicted molar refractivity (Wildman–Crippen MR) is 107 cm³/mol. The molecule has 2 rings (SSSR count). The molecule has 152 valence electrons. The lowest BCUT2D eigenvalue weighted by Crippen LogP contribution is -2.44. The Balaban J connectivity index is 0.00000364. The van der Waals surface area contributed by atoms with Crippen LogP contribution >= 0.6 is 24.0 Å². The highest BCUT2D eigenvalue weighted by Crippen LogP contribution is 2.22. The highest BCUT2D eigenvalue weighted by atomic mass is 127. The van der Waals surface area contributed by atoms with E-state index in [4.69, 9.17) is 5.73 Å². The topological polar surface area (TPSA) is 88.7 Å². The van der Waals surface area contributed by atoms with Crippen molar-refractivity contribution in [3.05, 3.63) is 29.8 Å². The zero-order valence-corrected chi connectivity index (χ0v) is 17.1. The fourth-order valence-corrected chi connectivity index (χ4v) is 2.73. The molecule has 0 unspecified atom stereocenters. The molecule has 1 saturated carbocycles. The van der Waals surface area contributed by atoms with Crippen LogP contribution in [0.25, 0.3) is 0 Å². The number of halogens is 4. The van der Waals surface area contributed by atoms with Gasteiger partial charge in [0.15, 0.2) is 5.96 Å². The molecule has 0 atom stereocenters. The monoisotopic (exact) mass is 500 g/mol. The molecule has 1 amide bonds. The number of ether oxygens (including phenoxy) is 1. The second-order valence-corrected chi connectivity index (χ2v) is 6.15. The Kier molecular flexibility index (Phi) is 9.67. The highest BCUT2D eigenvalue weighted by Gasteiger charge is 2.30. The van der Waals surface area contributed by atoms with Crippen LogP contribution in [0.4, 0.5) is 13.2 Å². The third-order valence-corrected chi connectivity index (χ3v) is 3.99. The minimum absolute atomic E-state index is 0. The van der Waals surface area contributed by atoms with Crippen molar-refractivity contribution < 1.29 is 22.7 Å². The van der Waals surface area contributed by atoms with E-state index >= 15 is 0 Å². The maximum Gasteiger partial charge on any atom is 0.573 e. The van der Waals surface area contributed by atoms with Crippen LogP contribution in [0.5, 0.6) is 5.75 Å². The van der Waals surface area contributed by atoms with Gasteiger partial charge in [-0.25, -0.2) is 4.99 Å². The van der Waals surface area contributed by atoms with Crippen molar-refractivity contribution in [3.8, 4) is 5.75 Å². The summed E-state index contributed by atoms with van der Waals surface area (Å²) in [5, 5.41) is 5.68. The molecule has 0 aromatic heterocycles. The number of carbonyl (C=O) groups is 1. The number of aliphatic imine (C=N–C) groups is 1. The molecule has 1 aliphatic carbocycles. The lowest BCUT2D eigenvalue weighted by Gasteiger charge is -2.22. The van der Waals surface area contributed by atoms with Gasteiger partial charge in [-0.05, 0) is 30.5 Å². The van der Waals surface area contributed by atoms with Gasteiger partial charge >= 0.3 is 6.36 Å². The fraction of sp³-hybridized carbons (Fsp3) is 0.529. The van der Waals surface area contributed by atoms with E-state index in [1.165, 1.54) is 30.7 Å². The number of rotatable bonds is 6. The summed E-state index contributed by atoms with van der Waals surface area (Å²) in [4.78, 5) is 15.9. The summed E-state index contributed by atoms with van der Waals surface area (Å²) in [5.74, 6) is -0.334. The van der Waals surface area contributed by atoms with Gasteiger partial charge in [-0.1, -0.05) is 31.4 Å². The molecule has 27 heavy (non-hydrogen) atoms.